The number of aryl methyl sites for hydroxylation is 2. The lowest BCUT2D eigenvalue weighted by Crippen LogP contribution is -2.36. The van der Waals surface area contributed by atoms with Gasteiger partial charge < -0.3 is 16.0 Å². The van der Waals surface area contributed by atoms with Crippen molar-refractivity contribution in [2.45, 2.75) is 67.4 Å². The molecule has 3 heterocycles. The summed E-state index contributed by atoms with van der Waals surface area (Å²) >= 11 is 1.88. The summed E-state index contributed by atoms with van der Waals surface area (Å²) in [6, 6.07) is 6.78. The van der Waals surface area contributed by atoms with E-state index in [4.69, 9.17) is 5.14 Å². The molecule has 1 aromatic heterocycles. The summed E-state index contributed by atoms with van der Waals surface area (Å²) in [5, 5.41) is 22.5. The minimum absolute atomic E-state index is 0.0164. The molecule has 2 aromatic rings. The molecule has 5 N–H and O–H groups in total. The van der Waals surface area contributed by atoms with Gasteiger partial charge in [0.05, 0.1) is 29.7 Å². The second-order valence-corrected chi connectivity index (χ2v) is 11.4. The lowest BCUT2D eigenvalue weighted by Gasteiger charge is -2.16. The van der Waals surface area contributed by atoms with Gasteiger partial charge in [-0.3, -0.25) is 9.48 Å². The molecule has 2 aliphatic rings. The highest BCUT2D eigenvalue weighted by Gasteiger charge is 2.42. The molecule has 2 fully saturated rings. The van der Waals surface area contributed by atoms with Gasteiger partial charge in [-0.15, -0.1) is 5.10 Å². The molecule has 0 bridgehead atoms. The number of urea groups is 1. The summed E-state index contributed by atoms with van der Waals surface area (Å²) in [4.78, 5) is 23.7. The first kappa shape index (κ1) is 24.5. The Labute approximate surface area is 202 Å². The largest absolute Gasteiger partial charge is 0.350 e. The molecule has 0 aliphatic carbocycles. The van der Waals surface area contributed by atoms with Gasteiger partial charge in [0, 0.05) is 24.0 Å². The smallest absolute Gasteiger partial charge is 0.315 e. The highest BCUT2D eigenvalue weighted by atomic mass is 32.2. The van der Waals surface area contributed by atoms with Crippen LogP contribution in [-0.2, 0) is 34.3 Å². The Morgan fingerprint density at radius 1 is 1.24 bits per heavy atom. The summed E-state index contributed by atoms with van der Waals surface area (Å²) < 4.78 is 24.3. The van der Waals surface area contributed by atoms with Crippen LogP contribution < -0.4 is 21.1 Å². The van der Waals surface area contributed by atoms with Crippen molar-refractivity contribution in [3.05, 3.63) is 41.7 Å². The zero-order chi connectivity index (χ0) is 24.1. The van der Waals surface area contributed by atoms with E-state index in [9.17, 15) is 18.0 Å². The summed E-state index contributed by atoms with van der Waals surface area (Å²) in [6.45, 7) is 0.897. The molecule has 0 saturated carbocycles. The van der Waals surface area contributed by atoms with Crippen LogP contribution in [0.1, 0.15) is 36.9 Å². The fourth-order valence-electron chi connectivity index (χ4n) is 4.17. The van der Waals surface area contributed by atoms with Crippen LogP contribution in [0.2, 0.25) is 0 Å². The number of hydrogen-bond acceptors (Lipinski definition) is 7. The van der Waals surface area contributed by atoms with Crippen LogP contribution in [0.25, 0.3) is 0 Å². The first-order valence-corrected chi connectivity index (χ1v) is 13.8. The van der Waals surface area contributed by atoms with E-state index in [-0.39, 0.29) is 28.9 Å². The normalized spacial score (nSPS) is 21.7. The van der Waals surface area contributed by atoms with Crippen LogP contribution in [0.15, 0.2) is 35.4 Å². The molecule has 184 valence electrons. The van der Waals surface area contributed by atoms with Crippen LogP contribution in [0.4, 0.5) is 4.79 Å². The number of aromatic nitrogens is 3. The third-order valence-electron chi connectivity index (χ3n) is 6.01. The quantitative estimate of drug-likeness (QED) is 0.254. The fraction of sp³-hybridized carbons (Fsp3) is 0.524. The molecule has 0 radical (unpaired) electrons. The number of carbonyl (C=O) groups excluding carboxylic acids is 2. The van der Waals surface area contributed by atoms with Gasteiger partial charge in [0.25, 0.3) is 0 Å². The van der Waals surface area contributed by atoms with E-state index in [1.807, 2.05) is 11.8 Å². The van der Waals surface area contributed by atoms with Gasteiger partial charge in [-0.05, 0) is 37.0 Å². The number of primary sulfonamides is 1. The number of sulfonamides is 1. The van der Waals surface area contributed by atoms with Gasteiger partial charge in [0.2, 0.25) is 15.9 Å². The zero-order valence-corrected chi connectivity index (χ0v) is 20.3. The van der Waals surface area contributed by atoms with E-state index < -0.39 is 10.0 Å². The van der Waals surface area contributed by atoms with Crippen LogP contribution in [-0.4, -0.2) is 58.4 Å². The van der Waals surface area contributed by atoms with Crippen molar-refractivity contribution in [3.8, 4) is 0 Å². The number of rotatable bonds is 11. The van der Waals surface area contributed by atoms with E-state index >= 15 is 0 Å². The standard InChI is InChI=1S/C21H29N7O4S2/c22-34(31,32)16-7-5-14(6-8-16)9-10-28-12-15(26-27-28)11-23-19(29)4-2-1-3-18-20-17(13-33-18)24-21(30)25-20/h5-8,12,17-18,20H,1-4,9-11,13H2,(H,23,29)(H2,22,31,32)(H2,24,25,30)/t17-,18-,20-/m0/s1. The van der Waals surface area contributed by atoms with E-state index in [2.05, 4.69) is 26.3 Å². The average molecular weight is 508 g/mol. The number of amides is 3. The molecule has 0 unspecified atom stereocenters. The third-order valence-corrected chi connectivity index (χ3v) is 8.45. The topological polar surface area (TPSA) is 161 Å². The molecule has 0 spiro atoms. The minimum atomic E-state index is -3.69. The van der Waals surface area contributed by atoms with Crippen LogP contribution in [0.5, 0.6) is 0 Å². The lowest BCUT2D eigenvalue weighted by molar-refractivity contribution is -0.121. The van der Waals surface area contributed by atoms with Crippen LogP contribution in [0.3, 0.4) is 0 Å². The predicted octanol–water partition coefficient (Wildman–Crippen LogP) is 0.510. The molecule has 13 heteroatoms. The van der Waals surface area contributed by atoms with E-state index in [0.717, 1.165) is 30.6 Å². The van der Waals surface area contributed by atoms with Crippen molar-refractivity contribution in [2.24, 2.45) is 5.14 Å². The Morgan fingerprint density at radius 3 is 2.79 bits per heavy atom. The minimum Gasteiger partial charge on any atom is -0.350 e. The number of unbranched alkanes of at least 4 members (excludes halogenated alkanes) is 1. The van der Waals surface area contributed by atoms with Gasteiger partial charge in [0.15, 0.2) is 0 Å². The molecule has 2 aliphatic heterocycles. The maximum absolute atomic E-state index is 12.2. The lowest BCUT2D eigenvalue weighted by atomic mass is 10.0. The molecule has 3 amide bonds. The van der Waals surface area contributed by atoms with Crippen molar-refractivity contribution in [3.63, 3.8) is 0 Å². The summed E-state index contributed by atoms with van der Waals surface area (Å²) in [7, 11) is -3.69. The van der Waals surface area contributed by atoms with Crippen LogP contribution in [0, 0.1) is 0 Å². The van der Waals surface area contributed by atoms with Crippen molar-refractivity contribution in [2.75, 3.05) is 5.75 Å². The molecule has 1 aromatic carbocycles. The fourth-order valence-corrected chi connectivity index (χ4v) is 6.23. The predicted molar refractivity (Wildman–Crippen MR) is 127 cm³/mol. The molecule has 2 saturated heterocycles. The Morgan fingerprint density at radius 2 is 2.03 bits per heavy atom. The summed E-state index contributed by atoms with van der Waals surface area (Å²) in [5.74, 6) is 0.928. The van der Waals surface area contributed by atoms with Crippen LogP contribution >= 0.6 is 11.8 Å². The molecule has 34 heavy (non-hydrogen) atoms. The number of carbonyl (C=O) groups is 2. The number of fused-ring (bicyclic) bond motifs is 1. The highest BCUT2D eigenvalue weighted by Crippen LogP contribution is 2.33. The van der Waals surface area contributed by atoms with Crippen molar-refractivity contribution in [1.29, 1.82) is 0 Å². The van der Waals surface area contributed by atoms with E-state index in [0.29, 0.717) is 36.9 Å². The zero-order valence-electron chi connectivity index (χ0n) is 18.6. The monoisotopic (exact) mass is 507 g/mol. The Kier molecular flexibility index (Phi) is 7.73. The number of nitrogens with zero attached hydrogens (tertiary/aromatic N) is 3. The average Bonchev–Trinajstić information content (AvgIpc) is 3.50. The molecular weight excluding hydrogens is 478 g/mol. The number of nitrogens with one attached hydrogen (secondary N) is 3. The Bertz CT molecular complexity index is 1120. The molecule has 4 rings (SSSR count). The highest BCUT2D eigenvalue weighted by molar-refractivity contribution is 8.00. The molecule has 3 atom stereocenters. The Balaban J connectivity index is 1.11. The first-order chi connectivity index (χ1) is 16.3. The van der Waals surface area contributed by atoms with Gasteiger partial charge in [-0.1, -0.05) is 23.8 Å². The van der Waals surface area contributed by atoms with Crippen molar-refractivity contribution in [1.82, 2.24) is 30.9 Å². The maximum atomic E-state index is 12.2. The maximum Gasteiger partial charge on any atom is 0.315 e. The number of benzene rings is 1. The summed E-state index contributed by atoms with van der Waals surface area (Å²) in [5.41, 5.74) is 1.63. The summed E-state index contributed by atoms with van der Waals surface area (Å²) in [6.07, 6.45) is 5.63. The SMILES string of the molecule is NS(=O)(=O)c1ccc(CCn2cc(CNC(=O)CCCC[C@@H]3SC[C@@H]4NC(=O)N[C@@H]43)nn2)cc1. The van der Waals surface area contributed by atoms with E-state index in [1.54, 1.807) is 23.0 Å². The third kappa shape index (κ3) is 6.48. The van der Waals surface area contributed by atoms with Crippen molar-refractivity contribution < 1.29 is 18.0 Å². The molecule has 11 nitrogen and oxygen atoms in total. The van der Waals surface area contributed by atoms with Gasteiger partial charge in [-0.2, -0.15) is 11.8 Å². The molecular formula is C21H29N7O4S2. The van der Waals surface area contributed by atoms with Gasteiger partial charge in [0.1, 0.15) is 5.69 Å². The second kappa shape index (κ2) is 10.7. The van der Waals surface area contributed by atoms with Crippen molar-refractivity contribution >= 4 is 33.7 Å². The first-order valence-electron chi connectivity index (χ1n) is 11.2. The van der Waals surface area contributed by atoms with E-state index in [1.165, 1.54) is 12.1 Å². The number of thioether (sulfide) groups is 1. The number of nitrogens with two attached hydrogens (primary N) is 1. The van der Waals surface area contributed by atoms with Gasteiger partial charge >= 0.3 is 6.03 Å². The second-order valence-electron chi connectivity index (χ2n) is 8.56. The van der Waals surface area contributed by atoms with Gasteiger partial charge in [-0.25, -0.2) is 18.4 Å². The number of hydrogen-bond donors (Lipinski definition) is 4. The Hall–Kier alpha value is -2.64.